The summed E-state index contributed by atoms with van der Waals surface area (Å²) in [5.41, 5.74) is 3.53. The van der Waals surface area contributed by atoms with Gasteiger partial charge in [0.25, 0.3) is 5.91 Å². The number of amides is 1. The number of hydrogen-bond acceptors (Lipinski definition) is 5. The second-order valence-electron chi connectivity index (χ2n) is 9.45. The monoisotopic (exact) mass is 530 g/mol. The molecule has 0 N–H and O–H groups in total. The Hall–Kier alpha value is -4.33. The van der Waals surface area contributed by atoms with Gasteiger partial charge in [0.2, 0.25) is 0 Å². The van der Waals surface area contributed by atoms with Crippen molar-refractivity contribution in [1.29, 1.82) is 0 Å². The van der Waals surface area contributed by atoms with Crippen molar-refractivity contribution in [3.8, 4) is 5.75 Å². The molecule has 3 aromatic rings. The number of para-hydroxylation sites is 1. The van der Waals surface area contributed by atoms with Crippen LogP contribution in [0.25, 0.3) is 6.08 Å². The number of carbonyl (C=O) groups excluding carboxylic acids is 2. The number of fused-ring (bicyclic) bond motifs is 1. The molecule has 6 nitrogen and oxygen atoms in total. The van der Waals surface area contributed by atoms with Crippen LogP contribution >= 0.6 is 0 Å². The van der Waals surface area contributed by atoms with Gasteiger partial charge >= 0.3 is 5.97 Å². The topological polar surface area (TPSA) is 68.2 Å². The highest BCUT2D eigenvalue weighted by Crippen LogP contribution is 2.44. The number of carbonyl (C=O) groups is 2. The zero-order valence-corrected chi connectivity index (χ0v) is 21.5. The Morgan fingerprint density at radius 1 is 1.00 bits per heavy atom. The molecule has 39 heavy (non-hydrogen) atoms. The van der Waals surface area contributed by atoms with E-state index in [0.29, 0.717) is 12.4 Å². The molecule has 2 unspecified atom stereocenters. The van der Waals surface area contributed by atoms with Crippen LogP contribution in [0.15, 0.2) is 83.5 Å². The van der Waals surface area contributed by atoms with E-state index in [4.69, 9.17) is 14.6 Å². The smallest absolute Gasteiger partial charge is 0.342 e. The Balaban J connectivity index is 1.42. The molecule has 0 radical (unpaired) electrons. The Labute approximate surface area is 225 Å². The van der Waals surface area contributed by atoms with Crippen LogP contribution in [0, 0.1) is 17.6 Å². The summed E-state index contributed by atoms with van der Waals surface area (Å²) < 4.78 is 38.1. The van der Waals surface area contributed by atoms with Crippen molar-refractivity contribution in [2.24, 2.45) is 11.0 Å². The van der Waals surface area contributed by atoms with Crippen LogP contribution in [0.2, 0.25) is 0 Å². The fraction of sp³-hybridized carbons (Fsp3) is 0.258. The first-order valence-corrected chi connectivity index (χ1v) is 13.0. The SMILES string of the molecule is CCOc1ccccc1C(=O)OCC(=O)N1N=C2C(=Cc3ccc(F)cc3)CCCC2C1c1ccc(F)cc1. The average Bonchev–Trinajstić information content (AvgIpc) is 3.34. The van der Waals surface area contributed by atoms with E-state index in [9.17, 15) is 18.4 Å². The zero-order valence-electron chi connectivity index (χ0n) is 21.5. The lowest BCUT2D eigenvalue weighted by Gasteiger charge is -2.29. The molecule has 1 heterocycles. The maximum absolute atomic E-state index is 13.7. The molecule has 1 saturated carbocycles. The van der Waals surface area contributed by atoms with E-state index in [1.54, 1.807) is 48.5 Å². The summed E-state index contributed by atoms with van der Waals surface area (Å²) in [6.45, 7) is 1.67. The lowest BCUT2D eigenvalue weighted by Crippen LogP contribution is -2.34. The summed E-state index contributed by atoms with van der Waals surface area (Å²) in [6.07, 6.45) is 4.38. The maximum Gasteiger partial charge on any atom is 0.342 e. The van der Waals surface area contributed by atoms with Gasteiger partial charge in [0.1, 0.15) is 22.9 Å². The highest BCUT2D eigenvalue weighted by Gasteiger charge is 2.44. The summed E-state index contributed by atoms with van der Waals surface area (Å²) in [5, 5.41) is 6.09. The van der Waals surface area contributed by atoms with Gasteiger partial charge < -0.3 is 9.47 Å². The molecule has 200 valence electrons. The molecule has 2 aliphatic rings. The number of rotatable bonds is 7. The molecule has 0 spiro atoms. The molecule has 1 aliphatic carbocycles. The summed E-state index contributed by atoms with van der Waals surface area (Å²) in [6, 6.07) is 18.4. The molecular formula is C31H28F2N2O4. The van der Waals surface area contributed by atoms with E-state index < -0.39 is 24.5 Å². The molecule has 5 rings (SSSR count). The fourth-order valence-electron chi connectivity index (χ4n) is 5.15. The number of allylic oxidation sites excluding steroid dienone is 1. The fourth-order valence-corrected chi connectivity index (χ4v) is 5.15. The number of hydrogen-bond donors (Lipinski definition) is 0. The maximum atomic E-state index is 13.7. The Morgan fingerprint density at radius 2 is 1.69 bits per heavy atom. The van der Waals surface area contributed by atoms with Crippen molar-refractivity contribution in [2.75, 3.05) is 13.2 Å². The normalized spacial score (nSPS) is 19.4. The van der Waals surface area contributed by atoms with E-state index in [1.807, 2.05) is 13.0 Å². The summed E-state index contributed by atoms with van der Waals surface area (Å²) in [5.74, 6) is -1.60. The number of halogens is 2. The van der Waals surface area contributed by atoms with Crippen LogP contribution < -0.4 is 4.74 Å². The molecule has 0 saturated heterocycles. The third-order valence-electron chi connectivity index (χ3n) is 6.91. The van der Waals surface area contributed by atoms with Crippen molar-refractivity contribution in [3.63, 3.8) is 0 Å². The minimum absolute atomic E-state index is 0.116. The number of ether oxygens (including phenoxy) is 2. The summed E-state index contributed by atoms with van der Waals surface area (Å²) >= 11 is 0. The molecule has 3 aromatic carbocycles. The minimum Gasteiger partial charge on any atom is -0.493 e. The van der Waals surface area contributed by atoms with Crippen LogP contribution in [0.4, 0.5) is 8.78 Å². The first kappa shape index (κ1) is 26.3. The third-order valence-corrected chi connectivity index (χ3v) is 6.91. The molecule has 0 bridgehead atoms. The second kappa shape index (κ2) is 11.6. The summed E-state index contributed by atoms with van der Waals surface area (Å²) in [7, 11) is 0. The van der Waals surface area contributed by atoms with Crippen LogP contribution in [0.3, 0.4) is 0 Å². The predicted octanol–water partition coefficient (Wildman–Crippen LogP) is 6.34. The highest BCUT2D eigenvalue weighted by atomic mass is 19.1. The second-order valence-corrected chi connectivity index (χ2v) is 9.45. The molecule has 1 fully saturated rings. The van der Waals surface area contributed by atoms with E-state index in [2.05, 4.69) is 0 Å². The summed E-state index contributed by atoms with van der Waals surface area (Å²) in [4.78, 5) is 26.3. The minimum atomic E-state index is -0.674. The van der Waals surface area contributed by atoms with Crippen molar-refractivity contribution in [2.45, 2.75) is 32.2 Å². The first-order valence-electron chi connectivity index (χ1n) is 13.0. The van der Waals surface area contributed by atoms with E-state index in [1.165, 1.54) is 29.3 Å². The van der Waals surface area contributed by atoms with Gasteiger partial charge in [0.15, 0.2) is 6.61 Å². The van der Waals surface area contributed by atoms with Gasteiger partial charge in [-0.3, -0.25) is 4.79 Å². The van der Waals surface area contributed by atoms with Crippen molar-refractivity contribution in [3.05, 3.63) is 107 Å². The molecule has 1 aliphatic heterocycles. The van der Waals surface area contributed by atoms with Gasteiger partial charge in [-0.2, -0.15) is 5.10 Å². The van der Waals surface area contributed by atoms with Gasteiger partial charge in [-0.05, 0) is 85.4 Å². The lowest BCUT2D eigenvalue weighted by molar-refractivity contribution is -0.137. The Bertz CT molecular complexity index is 1420. The van der Waals surface area contributed by atoms with E-state index >= 15 is 0 Å². The standard InChI is InChI=1S/C31H28F2N2O4/c1-2-38-27-9-4-3-7-25(27)31(37)39-19-28(36)35-30(21-12-16-24(33)17-13-21)26-8-5-6-22(29(26)34-35)18-20-10-14-23(32)15-11-20/h3-4,7,9-18,26,30H,2,5-6,8,19H2,1H3. The predicted molar refractivity (Wildman–Crippen MR) is 143 cm³/mol. The Morgan fingerprint density at radius 3 is 2.41 bits per heavy atom. The van der Waals surface area contributed by atoms with Crippen molar-refractivity contribution in [1.82, 2.24) is 5.01 Å². The van der Waals surface area contributed by atoms with Crippen LogP contribution in [-0.4, -0.2) is 35.8 Å². The lowest BCUT2D eigenvalue weighted by atomic mass is 9.77. The number of hydrazone groups is 1. The average molecular weight is 531 g/mol. The molecule has 2 atom stereocenters. The van der Waals surface area contributed by atoms with E-state index in [-0.39, 0.29) is 23.1 Å². The van der Waals surface area contributed by atoms with Crippen LogP contribution in [-0.2, 0) is 9.53 Å². The number of nitrogens with zero attached hydrogens (tertiary/aromatic N) is 2. The highest BCUT2D eigenvalue weighted by molar-refractivity contribution is 6.08. The molecule has 0 aromatic heterocycles. The van der Waals surface area contributed by atoms with Gasteiger partial charge in [-0.25, -0.2) is 18.6 Å². The molecule has 1 amide bonds. The first-order chi connectivity index (χ1) is 18.9. The Kier molecular flexibility index (Phi) is 7.81. The number of benzene rings is 3. The molecule has 8 heteroatoms. The third kappa shape index (κ3) is 5.74. The molecular weight excluding hydrogens is 502 g/mol. The van der Waals surface area contributed by atoms with Crippen molar-refractivity contribution >= 4 is 23.7 Å². The quantitative estimate of drug-likeness (QED) is 0.334. The van der Waals surface area contributed by atoms with Crippen LogP contribution in [0.1, 0.15) is 53.7 Å². The number of esters is 1. The largest absolute Gasteiger partial charge is 0.493 e. The van der Waals surface area contributed by atoms with Gasteiger partial charge in [0, 0.05) is 5.92 Å². The van der Waals surface area contributed by atoms with Gasteiger partial charge in [0.05, 0.1) is 18.4 Å². The van der Waals surface area contributed by atoms with Gasteiger partial charge in [-0.1, -0.05) is 36.4 Å². The van der Waals surface area contributed by atoms with E-state index in [0.717, 1.165) is 41.7 Å². The van der Waals surface area contributed by atoms with Crippen LogP contribution in [0.5, 0.6) is 5.75 Å². The zero-order chi connectivity index (χ0) is 27.4. The van der Waals surface area contributed by atoms with Gasteiger partial charge in [-0.15, -0.1) is 0 Å². The van der Waals surface area contributed by atoms with Crippen molar-refractivity contribution < 1.29 is 27.8 Å².